The summed E-state index contributed by atoms with van der Waals surface area (Å²) in [5.41, 5.74) is -1.88. The molecule has 0 bridgehead atoms. The summed E-state index contributed by atoms with van der Waals surface area (Å²) in [5, 5.41) is 38.6. The molecule has 0 amide bonds. The average Bonchev–Trinajstić information content (AvgIpc) is 2.94. The molecule has 3 rings (SSSR count). The fourth-order valence-electron chi connectivity index (χ4n) is 3.62. The van der Waals surface area contributed by atoms with E-state index in [0.717, 1.165) is 50.5 Å². The Labute approximate surface area is 276 Å². The smallest absolute Gasteiger partial charge is 0.550 e. The summed E-state index contributed by atoms with van der Waals surface area (Å²) in [6.07, 6.45) is -6.91. The van der Waals surface area contributed by atoms with E-state index in [4.69, 9.17) is 24.5 Å². The second-order valence-corrected chi connectivity index (χ2v) is 9.20. The first-order chi connectivity index (χ1) is 21.2. The number of carbonyl (C=O) groups is 2. The van der Waals surface area contributed by atoms with Crippen molar-refractivity contribution >= 4 is 35.7 Å². The SMILES string of the molecule is CC(=O)[O-].CC(=O)[O-].CCc1cc(C(F)(F)F)cc(C=Nc2ccc(OC)cc2N=Cc2cc(C(F)(F)F)cc(CC)c2O)c1O.[Co+2]. The Morgan fingerprint density at radius 1 is 0.745 bits per heavy atom. The van der Waals surface area contributed by atoms with Crippen LogP contribution in [0.15, 0.2) is 52.4 Å². The van der Waals surface area contributed by atoms with Gasteiger partial charge in [-0.15, -0.1) is 0 Å². The first-order valence-corrected chi connectivity index (χ1v) is 13.2. The minimum absolute atomic E-state index is 0. The fraction of sp³-hybridized carbons (Fsp3) is 0.290. The number of alkyl halides is 6. The molecule has 47 heavy (non-hydrogen) atoms. The summed E-state index contributed by atoms with van der Waals surface area (Å²) in [5.74, 6) is -2.56. The van der Waals surface area contributed by atoms with Gasteiger partial charge in [-0.25, -0.2) is 0 Å². The summed E-state index contributed by atoms with van der Waals surface area (Å²) >= 11 is 0. The number of halogens is 6. The molecule has 3 aromatic rings. The Morgan fingerprint density at radius 3 is 1.43 bits per heavy atom. The van der Waals surface area contributed by atoms with Crippen molar-refractivity contribution in [3.05, 3.63) is 75.8 Å². The van der Waals surface area contributed by atoms with Gasteiger partial charge in [-0.1, -0.05) is 13.8 Å². The van der Waals surface area contributed by atoms with E-state index < -0.39 is 35.4 Å². The number of aliphatic carboxylic acids is 2. The number of phenols is 2. The van der Waals surface area contributed by atoms with Crippen molar-refractivity contribution in [2.45, 2.75) is 52.9 Å². The van der Waals surface area contributed by atoms with Crippen LogP contribution in [0, 0.1) is 0 Å². The topological polar surface area (TPSA) is 155 Å². The zero-order chi connectivity index (χ0) is 35.4. The van der Waals surface area contributed by atoms with E-state index in [0.29, 0.717) is 5.75 Å². The first-order valence-electron chi connectivity index (χ1n) is 13.2. The first kappa shape index (κ1) is 42.4. The van der Waals surface area contributed by atoms with Crippen LogP contribution in [-0.4, -0.2) is 41.7 Å². The molecule has 257 valence electrons. The van der Waals surface area contributed by atoms with E-state index >= 15 is 0 Å². The second-order valence-electron chi connectivity index (χ2n) is 9.20. The molecule has 0 aliphatic carbocycles. The number of rotatable bonds is 7. The van der Waals surface area contributed by atoms with E-state index in [1.165, 1.54) is 25.3 Å². The van der Waals surface area contributed by atoms with Crippen LogP contribution >= 0.6 is 0 Å². The average molecular weight is 716 g/mol. The zero-order valence-corrected chi connectivity index (χ0v) is 26.6. The van der Waals surface area contributed by atoms with Crippen molar-refractivity contribution in [2.75, 3.05) is 7.11 Å². The summed E-state index contributed by atoms with van der Waals surface area (Å²) in [7, 11) is 1.38. The molecular weight excluding hydrogens is 685 g/mol. The Morgan fingerprint density at radius 2 is 1.11 bits per heavy atom. The van der Waals surface area contributed by atoms with Crippen LogP contribution in [0.2, 0.25) is 0 Å². The van der Waals surface area contributed by atoms with Crippen molar-refractivity contribution < 1.29 is 77.9 Å². The number of benzene rings is 3. The van der Waals surface area contributed by atoms with E-state index in [-0.39, 0.29) is 74.7 Å². The third kappa shape index (κ3) is 13.8. The number of carboxylic acids is 2. The van der Waals surface area contributed by atoms with Gasteiger partial charge in [0.1, 0.15) is 17.2 Å². The van der Waals surface area contributed by atoms with Gasteiger partial charge in [0.2, 0.25) is 0 Å². The Hall–Kier alpha value is -4.57. The number of hydrogen-bond acceptors (Lipinski definition) is 9. The number of phenolic OH excluding ortho intramolecular Hbond substituents is 2. The Bertz CT molecular complexity index is 1570. The molecule has 0 fully saturated rings. The minimum atomic E-state index is -4.64. The molecule has 16 heteroatoms. The predicted molar refractivity (Wildman–Crippen MR) is 154 cm³/mol. The summed E-state index contributed by atoms with van der Waals surface area (Å²) in [6.45, 7) is 5.14. The number of hydrogen-bond donors (Lipinski definition) is 2. The molecule has 0 saturated carbocycles. The quantitative estimate of drug-likeness (QED) is 0.249. The maximum Gasteiger partial charge on any atom is 2.00 e. The van der Waals surface area contributed by atoms with Crippen molar-refractivity contribution in [2.24, 2.45) is 9.98 Å². The van der Waals surface area contributed by atoms with Crippen LogP contribution in [0.4, 0.5) is 37.7 Å². The van der Waals surface area contributed by atoms with Gasteiger partial charge < -0.3 is 34.8 Å². The van der Waals surface area contributed by atoms with Crippen molar-refractivity contribution in [3.63, 3.8) is 0 Å². The van der Waals surface area contributed by atoms with E-state index in [1.54, 1.807) is 13.8 Å². The molecule has 0 heterocycles. The van der Waals surface area contributed by atoms with Gasteiger partial charge in [-0.3, -0.25) is 9.98 Å². The molecule has 0 saturated heterocycles. The van der Waals surface area contributed by atoms with Gasteiger partial charge in [0.15, 0.2) is 0 Å². The number of carboxylic acid groups (broad SMARTS) is 2. The molecule has 1 radical (unpaired) electrons. The van der Waals surface area contributed by atoms with Crippen LogP contribution in [0.1, 0.15) is 61.1 Å². The third-order valence-corrected chi connectivity index (χ3v) is 5.72. The largest absolute Gasteiger partial charge is 2.00 e. The van der Waals surface area contributed by atoms with Crippen LogP contribution < -0.4 is 14.9 Å². The van der Waals surface area contributed by atoms with Crippen LogP contribution in [0.3, 0.4) is 0 Å². The van der Waals surface area contributed by atoms with Crippen LogP contribution in [0.5, 0.6) is 17.2 Å². The number of methoxy groups -OCH3 is 1. The van der Waals surface area contributed by atoms with E-state index in [9.17, 15) is 36.6 Å². The molecule has 0 unspecified atom stereocenters. The number of nitrogens with zero attached hydrogens (tertiary/aromatic N) is 2. The zero-order valence-electron chi connectivity index (χ0n) is 25.5. The third-order valence-electron chi connectivity index (χ3n) is 5.72. The molecule has 0 aliphatic rings. The fourth-order valence-corrected chi connectivity index (χ4v) is 3.62. The molecular formula is C31H30CoF6N2O7. The number of carbonyl (C=O) groups excluding carboxylic acids is 2. The summed E-state index contributed by atoms with van der Waals surface area (Å²) < 4.78 is 85.2. The standard InChI is InChI=1S/C27H24F6N2O3.2C2H4O2.Co/c1-4-15-8-19(26(28,29)30)10-17(24(15)36)13-34-22-7-6-21(38-3)12-23(22)35-14-18-11-20(27(31,32)33)9-16(5-2)25(18)37;2*1-2(3)4;/h6-14,36-37H,4-5H2,1-3H3;2*1H3,(H,3,4);/q;;;+2/p-2. The van der Waals surface area contributed by atoms with Gasteiger partial charge in [-0.05, 0) is 74.2 Å². The van der Waals surface area contributed by atoms with Gasteiger partial charge in [0.25, 0.3) is 0 Å². The van der Waals surface area contributed by atoms with Crippen LogP contribution in [0.25, 0.3) is 0 Å². The summed E-state index contributed by atoms with van der Waals surface area (Å²) in [6, 6.07) is 7.61. The van der Waals surface area contributed by atoms with Crippen molar-refractivity contribution in [1.82, 2.24) is 0 Å². The number of aliphatic imine (C=N–C) groups is 2. The number of ether oxygens (including phenoxy) is 1. The minimum Gasteiger partial charge on any atom is -0.550 e. The summed E-state index contributed by atoms with van der Waals surface area (Å²) in [4.78, 5) is 26.1. The second kappa shape index (κ2) is 18.5. The van der Waals surface area contributed by atoms with Gasteiger partial charge >= 0.3 is 29.1 Å². The van der Waals surface area contributed by atoms with Crippen molar-refractivity contribution in [1.29, 1.82) is 0 Å². The number of aromatic hydroxyl groups is 2. The maximum absolute atomic E-state index is 13.3. The number of aryl methyl sites for hydroxylation is 2. The van der Waals surface area contributed by atoms with Crippen molar-refractivity contribution in [3.8, 4) is 17.2 Å². The normalized spacial score (nSPS) is 11.2. The Kier molecular flexibility index (Phi) is 16.7. The van der Waals surface area contributed by atoms with Gasteiger partial charge in [0.05, 0.1) is 29.6 Å². The van der Waals surface area contributed by atoms with Gasteiger partial charge in [0, 0.05) is 41.6 Å². The molecule has 0 aromatic heterocycles. The molecule has 9 nitrogen and oxygen atoms in total. The molecule has 3 aromatic carbocycles. The molecule has 0 aliphatic heterocycles. The van der Waals surface area contributed by atoms with E-state index in [1.807, 2.05) is 0 Å². The van der Waals surface area contributed by atoms with Crippen LogP contribution in [-0.2, 0) is 51.6 Å². The predicted octanol–water partition coefficient (Wildman–Crippen LogP) is 5.28. The monoisotopic (exact) mass is 715 g/mol. The molecule has 0 atom stereocenters. The maximum atomic E-state index is 13.3. The van der Waals surface area contributed by atoms with Gasteiger partial charge in [-0.2, -0.15) is 26.3 Å². The Balaban J connectivity index is 0.00000211. The molecule has 2 N–H and O–H groups in total. The molecule has 0 spiro atoms. The van der Waals surface area contributed by atoms with E-state index in [2.05, 4.69) is 9.98 Å².